The molecule has 1 aromatic carbocycles. The highest BCUT2D eigenvalue weighted by molar-refractivity contribution is 7.92. The number of sulfonamides is 1. The number of benzene rings is 1. The van der Waals surface area contributed by atoms with Gasteiger partial charge in [-0.25, -0.2) is 18.4 Å². The number of nitrogens with one attached hydrogen (secondary N) is 2. The first kappa shape index (κ1) is 18.8. The predicted molar refractivity (Wildman–Crippen MR) is 108 cm³/mol. The molecular formula is C19H21N5O2S. The number of hydrogen-bond acceptors (Lipinski definition) is 6. The van der Waals surface area contributed by atoms with Crippen molar-refractivity contribution in [2.75, 3.05) is 15.8 Å². The molecule has 0 spiro atoms. The molecule has 2 N–H and O–H groups in total. The second-order valence-electron chi connectivity index (χ2n) is 6.05. The number of pyridine rings is 1. The van der Waals surface area contributed by atoms with Crippen molar-refractivity contribution >= 4 is 27.2 Å². The second kappa shape index (κ2) is 7.71. The van der Waals surface area contributed by atoms with E-state index in [2.05, 4.69) is 25.0 Å². The number of aryl methyl sites for hydroxylation is 1. The molecule has 0 fully saturated rings. The Balaban J connectivity index is 1.86. The van der Waals surface area contributed by atoms with Gasteiger partial charge in [-0.1, -0.05) is 0 Å². The monoisotopic (exact) mass is 383 g/mol. The van der Waals surface area contributed by atoms with Crippen molar-refractivity contribution in [3.05, 3.63) is 60.0 Å². The highest BCUT2D eigenvalue weighted by Gasteiger charge is 2.11. The fraction of sp³-hybridized carbons (Fsp3) is 0.211. The van der Waals surface area contributed by atoms with Crippen LogP contribution in [-0.2, 0) is 10.0 Å². The zero-order valence-corrected chi connectivity index (χ0v) is 16.2. The number of hydrogen-bond donors (Lipinski definition) is 2. The van der Waals surface area contributed by atoms with Crippen LogP contribution in [0.5, 0.6) is 0 Å². The standard InChI is InChI=1S/C19H21N5O2S/c1-4-27(25,26)24-17-7-5-16(6-8-17)22-18-13(2)14(3)21-19(23-18)15-9-11-20-12-10-15/h5-12,24H,4H2,1-3H3,(H,21,22,23). The first-order chi connectivity index (χ1) is 12.9. The Morgan fingerprint density at radius 3 is 2.19 bits per heavy atom. The zero-order valence-electron chi connectivity index (χ0n) is 15.4. The summed E-state index contributed by atoms with van der Waals surface area (Å²) < 4.78 is 25.8. The minimum absolute atomic E-state index is 0.0319. The molecule has 2 heterocycles. The molecule has 0 aliphatic heterocycles. The normalized spacial score (nSPS) is 11.2. The lowest BCUT2D eigenvalue weighted by molar-refractivity contribution is 0.602. The van der Waals surface area contributed by atoms with Crippen LogP contribution in [0.1, 0.15) is 18.2 Å². The lowest BCUT2D eigenvalue weighted by atomic mass is 10.2. The van der Waals surface area contributed by atoms with Gasteiger partial charge in [-0.3, -0.25) is 9.71 Å². The molecule has 0 bridgehead atoms. The molecule has 0 amide bonds. The van der Waals surface area contributed by atoms with Crippen LogP contribution in [0.25, 0.3) is 11.4 Å². The van der Waals surface area contributed by atoms with Crippen LogP contribution < -0.4 is 10.0 Å². The van der Waals surface area contributed by atoms with E-state index in [1.165, 1.54) is 0 Å². The molecule has 0 aliphatic carbocycles. The molecule has 0 radical (unpaired) electrons. The van der Waals surface area contributed by atoms with Crippen LogP contribution in [0.2, 0.25) is 0 Å². The van der Waals surface area contributed by atoms with E-state index in [1.807, 2.05) is 26.0 Å². The largest absolute Gasteiger partial charge is 0.340 e. The summed E-state index contributed by atoms with van der Waals surface area (Å²) in [5.74, 6) is 1.36. The number of rotatable bonds is 6. The van der Waals surface area contributed by atoms with Crippen LogP contribution in [0.15, 0.2) is 48.8 Å². The third-order valence-corrected chi connectivity index (χ3v) is 5.44. The van der Waals surface area contributed by atoms with Gasteiger partial charge in [-0.05, 0) is 57.2 Å². The van der Waals surface area contributed by atoms with E-state index >= 15 is 0 Å². The maximum absolute atomic E-state index is 11.7. The zero-order chi connectivity index (χ0) is 19.4. The van der Waals surface area contributed by atoms with Gasteiger partial charge in [-0.15, -0.1) is 0 Å². The van der Waals surface area contributed by atoms with Gasteiger partial charge in [0.1, 0.15) is 5.82 Å². The third kappa shape index (κ3) is 4.59. The molecule has 3 aromatic rings. The van der Waals surface area contributed by atoms with Crippen molar-refractivity contribution in [1.82, 2.24) is 15.0 Å². The van der Waals surface area contributed by atoms with E-state index in [-0.39, 0.29) is 5.75 Å². The Morgan fingerprint density at radius 2 is 1.56 bits per heavy atom. The van der Waals surface area contributed by atoms with Crippen LogP contribution in [0, 0.1) is 13.8 Å². The summed E-state index contributed by atoms with van der Waals surface area (Å²) in [4.78, 5) is 13.2. The lowest BCUT2D eigenvalue weighted by Crippen LogP contribution is -2.14. The summed E-state index contributed by atoms with van der Waals surface area (Å²) in [7, 11) is -3.29. The Kier molecular flexibility index (Phi) is 5.36. The maximum Gasteiger partial charge on any atom is 0.232 e. The molecule has 0 saturated heterocycles. The average Bonchev–Trinajstić information content (AvgIpc) is 2.67. The quantitative estimate of drug-likeness (QED) is 0.674. The first-order valence-electron chi connectivity index (χ1n) is 8.51. The first-order valence-corrected chi connectivity index (χ1v) is 10.2. The molecule has 140 valence electrons. The lowest BCUT2D eigenvalue weighted by Gasteiger charge is -2.13. The SMILES string of the molecule is CCS(=O)(=O)Nc1ccc(Nc2nc(-c3ccncc3)nc(C)c2C)cc1. The summed E-state index contributed by atoms with van der Waals surface area (Å²) in [6.07, 6.45) is 3.41. The topological polar surface area (TPSA) is 96.9 Å². The van der Waals surface area contributed by atoms with E-state index in [9.17, 15) is 8.42 Å². The fourth-order valence-electron chi connectivity index (χ4n) is 2.39. The Morgan fingerprint density at radius 1 is 0.926 bits per heavy atom. The van der Waals surface area contributed by atoms with Gasteiger partial charge in [0.2, 0.25) is 10.0 Å². The molecule has 7 nitrogen and oxygen atoms in total. The average molecular weight is 383 g/mol. The number of nitrogens with zero attached hydrogens (tertiary/aromatic N) is 3. The van der Waals surface area contributed by atoms with Crippen molar-refractivity contribution < 1.29 is 8.42 Å². The highest BCUT2D eigenvalue weighted by Crippen LogP contribution is 2.25. The van der Waals surface area contributed by atoms with E-state index in [1.54, 1.807) is 43.6 Å². The summed E-state index contributed by atoms with van der Waals surface area (Å²) >= 11 is 0. The van der Waals surface area contributed by atoms with Crippen molar-refractivity contribution in [1.29, 1.82) is 0 Å². The Bertz CT molecular complexity index is 1040. The molecule has 0 unspecified atom stereocenters. The molecule has 0 saturated carbocycles. The summed E-state index contributed by atoms with van der Waals surface area (Å²) in [6.45, 7) is 5.49. The Labute approximate surface area is 159 Å². The van der Waals surface area contributed by atoms with Crippen LogP contribution >= 0.6 is 0 Å². The minimum Gasteiger partial charge on any atom is -0.340 e. The van der Waals surface area contributed by atoms with Gasteiger partial charge < -0.3 is 5.32 Å². The van der Waals surface area contributed by atoms with E-state index in [0.29, 0.717) is 17.3 Å². The number of aromatic nitrogens is 3. The Hall–Kier alpha value is -3.00. The van der Waals surface area contributed by atoms with Gasteiger partial charge >= 0.3 is 0 Å². The summed E-state index contributed by atoms with van der Waals surface area (Å²) in [5, 5.41) is 3.28. The molecule has 0 aliphatic rings. The second-order valence-corrected chi connectivity index (χ2v) is 8.06. The molecule has 27 heavy (non-hydrogen) atoms. The van der Waals surface area contributed by atoms with Gasteiger partial charge in [0.15, 0.2) is 5.82 Å². The molecule has 0 atom stereocenters. The van der Waals surface area contributed by atoms with E-state index in [4.69, 9.17) is 0 Å². The fourth-order valence-corrected chi connectivity index (χ4v) is 3.03. The predicted octanol–water partition coefficient (Wildman–Crippen LogP) is 3.66. The van der Waals surface area contributed by atoms with E-state index < -0.39 is 10.0 Å². The third-order valence-electron chi connectivity index (χ3n) is 4.13. The van der Waals surface area contributed by atoms with E-state index in [0.717, 1.165) is 22.5 Å². The highest BCUT2D eigenvalue weighted by atomic mass is 32.2. The van der Waals surface area contributed by atoms with Crippen molar-refractivity contribution in [3.8, 4) is 11.4 Å². The van der Waals surface area contributed by atoms with Crippen molar-refractivity contribution in [2.24, 2.45) is 0 Å². The molecule has 8 heteroatoms. The van der Waals surface area contributed by atoms with Crippen LogP contribution in [0.3, 0.4) is 0 Å². The maximum atomic E-state index is 11.7. The van der Waals surface area contributed by atoms with Crippen LogP contribution in [0.4, 0.5) is 17.2 Å². The van der Waals surface area contributed by atoms with Gasteiger partial charge in [0.05, 0.1) is 5.75 Å². The summed E-state index contributed by atoms with van der Waals surface area (Å²) in [6, 6.07) is 10.8. The molecule has 2 aromatic heterocycles. The van der Waals surface area contributed by atoms with Crippen molar-refractivity contribution in [2.45, 2.75) is 20.8 Å². The van der Waals surface area contributed by atoms with Crippen molar-refractivity contribution in [3.63, 3.8) is 0 Å². The smallest absolute Gasteiger partial charge is 0.232 e. The molecule has 3 rings (SSSR count). The minimum atomic E-state index is -3.29. The summed E-state index contributed by atoms with van der Waals surface area (Å²) in [5.41, 5.74) is 4.04. The number of anilines is 3. The van der Waals surface area contributed by atoms with Gasteiger partial charge in [-0.2, -0.15) is 0 Å². The van der Waals surface area contributed by atoms with Gasteiger partial charge in [0, 0.05) is 40.6 Å². The van der Waals surface area contributed by atoms with Crippen LogP contribution in [-0.4, -0.2) is 29.1 Å². The van der Waals surface area contributed by atoms with Gasteiger partial charge in [0.25, 0.3) is 0 Å². The molecular weight excluding hydrogens is 362 g/mol.